The fourth-order valence-electron chi connectivity index (χ4n) is 2.32. The molecule has 27 heavy (non-hydrogen) atoms. The number of carbonyl (C=O) groups is 1. The van der Waals surface area contributed by atoms with Gasteiger partial charge >= 0.3 is 5.97 Å². The summed E-state index contributed by atoms with van der Waals surface area (Å²) in [6, 6.07) is 6.34. The Labute approximate surface area is 154 Å². The third-order valence-corrected chi connectivity index (χ3v) is 3.58. The highest BCUT2D eigenvalue weighted by molar-refractivity contribution is 5.95. The lowest BCUT2D eigenvalue weighted by molar-refractivity contribution is -0.385. The number of nitro groups is 1. The number of rotatable bonds is 8. The van der Waals surface area contributed by atoms with E-state index in [9.17, 15) is 19.3 Å². The van der Waals surface area contributed by atoms with Crippen LogP contribution in [-0.2, 0) is 11.3 Å². The zero-order valence-corrected chi connectivity index (χ0v) is 15.0. The number of halogens is 1. The predicted molar refractivity (Wildman–Crippen MR) is 92.9 cm³/mol. The summed E-state index contributed by atoms with van der Waals surface area (Å²) in [4.78, 5) is 22.9. The minimum atomic E-state index is -0.945. The van der Waals surface area contributed by atoms with E-state index in [-0.39, 0.29) is 36.0 Å². The van der Waals surface area contributed by atoms with Crippen molar-refractivity contribution < 1.29 is 33.1 Å². The summed E-state index contributed by atoms with van der Waals surface area (Å²) in [6.45, 7) is 1.70. The van der Waals surface area contributed by atoms with Crippen molar-refractivity contribution in [3.63, 3.8) is 0 Å². The van der Waals surface area contributed by atoms with Crippen LogP contribution in [0.25, 0.3) is 0 Å². The van der Waals surface area contributed by atoms with E-state index in [1.54, 1.807) is 6.92 Å². The van der Waals surface area contributed by atoms with Crippen LogP contribution in [0.5, 0.6) is 17.2 Å². The molecule has 0 fully saturated rings. The number of nitrogens with zero attached hydrogens (tertiary/aromatic N) is 1. The molecule has 0 heterocycles. The molecule has 0 aromatic heterocycles. The second-order valence-electron chi connectivity index (χ2n) is 5.26. The van der Waals surface area contributed by atoms with E-state index in [0.717, 1.165) is 12.1 Å². The average Bonchev–Trinajstić information content (AvgIpc) is 2.66. The van der Waals surface area contributed by atoms with Gasteiger partial charge in [0, 0.05) is 6.07 Å². The molecule has 144 valence electrons. The van der Waals surface area contributed by atoms with Crippen molar-refractivity contribution in [2.24, 2.45) is 0 Å². The van der Waals surface area contributed by atoms with E-state index in [4.69, 9.17) is 18.9 Å². The van der Waals surface area contributed by atoms with Crippen molar-refractivity contribution in [1.82, 2.24) is 0 Å². The number of hydrogen-bond acceptors (Lipinski definition) is 7. The van der Waals surface area contributed by atoms with Gasteiger partial charge in [-0.3, -0.25) is 10.1 Å². The maximum absolute atomic E-state index is 13.7. The second kappa shape index (κ2) is 8.84. The summed E-state index contributed by atoms with van der Waals surface area (Å²) >= 11 is 0. The van der Waals surface area contributed by atoms with Gasteiger partial charge in [-0.15, -0.1) is 0 Å². The second-order valence-corrected chi connectivity index (χ2v) is 5.26. The first-order chi connectivity index (χ1) is 12.9. The molecule has 8 nitrogen and oxygen atoms in total. The van der Waals surface area contributed by atoms with E-state index in [1.807, 2.05) is 0 Å². The van der Waals surface area contributed by atoms with Crippen LogP contribution in [-0.4, -0.2) is 31.7 Å². The van der Waals surface area contributed by atoms with Crippen molar-refractivity contribution in [2.75, 3.05) is 20.8 Å². The van der Waals surface area contributed by atoms with Crippen LogP contribution in [0.1, 0.15) is 22.8 Å². The Morgan fingerprint density at radius 2 is 1.81 bits per heavy atom. The molecule has 0 saturated carbocycles. The van der Waals surface area contributed by atoms with Crippen molar-refractivity contribution in [2.45, 2.75) is 13.5 Å². The topological polar surface area (TPSA) is 97.1 Å². The molecule has 0 aliphatic rings. The molecular weight excluding hydrogens is 361 g/mol. The lowest BCUT2D eigenvalue weighted by Gasteiger charge is -2.12. The van der Waals surface area contributed by atoms with E-state index in [0.29, 0.717) is 5.56 Å². The van der Waals surface area contributed by atoms with Gasteiger partial charge in [-0.1, -0.05) is 6.07 Å². The molecule has 0 aliphatic heterocycles. The van der Waals surface area contributed by atoms with Crippen LogP contribution in [0.15, 0.2) is 30.3 Å². The number of methoxy groups -OCH3 is 2. The van der Waals surface area contributed by atoms with Crippen LogP contribution in [0, 0.1) is 15.9 Å². The lowest BCUT2D eigenvalue weighted by Crippen LogP contribution is -2.10. The van der Waals surface area contributed by atoms with Crippen LogP contribution in [0.4, 0.5) is 10.1 Å². The molecule has 0 aliphatic carbocycles. The van der Waals surface area contributed by atoms with Crippen molar-refractivity contribution in [1.29, 1.82) is 0 Å². The highest BCUT2D eigenvalue weighted by atomic mass is 19.1. The zero-order valence-electron chi connectivity index (χ0n) is 15.0. The Morgan fingerprint density at radius 1 is 1.11 bits per heavy atom. The van der Waals surface area contributed by atoms with Crippen LogP contribution in [0.2, 0.25) is 0 Å². The fourth-order valence-corrected chi connectivity index (χ4v) is 2.32. The van der Waals surface area contributed by atoms with Gasteiger partial charge in [0.15, 0.2) is 23.1 Å². The van der Waals surface area contributed by atoms with Crippen LogP contribution in [0.3, 0.4) is 0 Å². The van der Waals surface area contributed by atoms with Gasteiger partial charge in [0.25, 0.3) is 5.69 Å². The molecule has 0 atom stereocenters. The third kappa shape index (κ3) is 4.63. The number of ether oxygens (including phenoxy) is 4. The Morgan fingerprint density at radius 3 is 2.37 bits per heavy atom. The smallest absolute Gasteiger partial charge is 0.345 e. The Kier molecular flexibility index (Phi) is 6.53. The maximum atomic E-state index is 13.7. The summed E-state index contributed by atoms with van der Waals surface area (Å²) in [6.07, 6.45) is 0. The molecule has 0 bridgehead atoms. The van der Waals surface area contributed by atoms with Crippen molar-refractivity contribution >= 4 is 11.7 Å². The SMILES string of the molecule is CCOc1cc([N+](=O)[O-])c(C(=O)OCc2ccc(OC)c(F)c2)cc1OC. The average molecular weight is 379 g/mol. The molecule has 0 saturated heterocycles. The Hall–Kier alpha value is -3.36. The predicted octanol–water partition coefficient (Wildman–Crippen LogP) is 3.51. The van der Waals surface area contributed by atoms with E-state index in [1.165, 1.54) is 32.4 Å². The van der Waals surface area contributed by atoms with Crippen LogP contribution >= 0.6 is 0 Å². The highest BCUT2D eigenvalue weighted by Gasteiger charge is 2.26. The van der Waals surface area contributed by atoms with Gasteiger partial charge in [0.05, 0.1) is 31.8 Å². The standard InChI is InChI=1S/C18H18FNO7/c1-4-26-17-9-14(20(22)23)12(8-16(17)25-3)18(21)27-10-11-5-6-15(24-2)13(19)7-11/h5-9H,4,10H2,1-3H3. The quantitative estimate of drug-likeness (QED) is 0.393. The molecule has 2 aromatic carbocycles. The highest BCUT2D eigenvalue weighted by Crippen LogP contribution is 2.35. The van der Waals surface area contributed by atoms with Crippen molar-refractivity contribution in [3.8, 4) is 17.2 Å². The first-order valence-corrected chi connectivity index (χ1v) is 7.90. The third-order valence-electron chi connectivity index (χ3n) is 3.58. The number of benzene rings is 2. The summed E-state index contributed by atoms with van der Waals surface area (Å²) in [5.74, 6) is -1.21. The number of esters is 1. The Bertz CT molecular complexity index is 854. The summed E-state index contributed by atoms with van der Waals surface area (Å²) in [5, 5.41) is 11.3. The number of carbonyl (C=O) groups excluding carboxylic acids is 1. The number of hydrogen-bond donors (Lipinski definition) is 0. The van der Waals surface area contributed by atoms with Gasteiger partial charge in [0.1, 0.15) is 12.2 Å². The lowest BCUT2D eigenvalue weighted by atomic mass is 10.1. The molecule has 0 unspecified atom stereocenters. The van der Waals surface area contributed by atoms with Gasteiger partial charge in [-0.05, 0) is 24.6 Å². The molecule has 0 radical (unpaired) electrons. The molecule has 0 spiro atoms. The molecule has 2 aromatic rings. The monoisotopic (exact) mass is 379 g/mol. The van der Waals surface area contributed by atoms with Gasteiger partial charge < -0.3 is 18.9 Å². The molecule has 9 heteroatoms. The molecule has 0 amide bonds. The molecule has 0 N–H and O–H groups in total. The van der Waals surface area contributed by atoms with Gasteiger partial charge in [-0.2, -0.15) is 0 Å². The first-order valence-electron chi connectivity index (χ1n) is 7.90. The zero-order chi connectivity index (χ0) is 20.0. The van der Waals surface area contributed by atoms with Crippen molar-refractivity contribution in [3.05, 3.63) is 57.4 Å². The normalized spacial score (nSPS) is 10.2. The van der Waals surface area contributed by atoms with E-state index >= 15 is 0 Å². The van der Waals surface area contributed by atoms with Gasteiger partial charge in [-0.25, -0.2) is 9.18 Å². The molecular formula is C18H18FNO7. The minimum Gasteiger partial charge on any atom is -0.494 e. The fraction of sp³-hybridized carbons (Fsp3) is 0.278. The van der Waals surface area contributed by atoms with Crippen LogP contribution < -0.4 is 14.2 Å². The van der Waals surface area contributed by atoms with Gasteiger partial charge in [0.2, 0.25) is 0 Å². The largest absolute Gasteiger partial charge is 0.494 e. The summed E-state index contributed by atoms with van der Waals surface area (Å²) in [7, 11) is 2.68. The number of nitro benzene ring substituents is 1. The summed E-state index contributed by atoms with van der Waals surface area (Å²) < 4.78 is 34.0. The summed E-state index contributed by atoms with van der Waals surface area (Å²) in [5.41, 5.74) is -0.415. The first kappa shape index (κ1) is 20.0. The molecule has 2 rings (SSSR count). The maximum Gasteiger partial charge on any atom is 0.345 e. The Balaban J connectivity index is 2.26. The van der Waals surface area contributed by atoms with E-state index < -0.39 is 22.4 Å². The minimum absolute atomic E-state index is 0.0527. The van der Waals surface area contributed by atoms with E-state index in [2.05, 4.69) is 0 Å².